The van der Waals surface area contributed by atoms with Crippen LogP contribution in [0.4, 0.5) is 5.95 Å². The summed E-state index contributed by atoms with van der Waals surface area (Å²) in [4.78, 5) is 41.1. The number of ether oxygens (including phenoxy) is 1. The van der Waals surface area contributed by atoms with E-state index in [1.807, 2.05) is 13.8 Å². The highest BCUT2D eigenvalue weighted by Crippen LogP contribution is 2.26. The smallest absolute Gasteiger partial charge is 0.467 e. The summed E-state index contributed by atoms with van der Waals surface area (Å²) in [6.45, 7) is 6.27. The van der Waals surface area contributed by atoms with Crippen molar-refractivity contribution in [1.29, 1.82) is 0 Å². The monoisotopic (exact) mass is 359 g/mol. The van der Waals surface area contributed by atoms with Crippen LogP contribution in [-0.2, 0) is 5.79 Å². The average Bonchev–Trinajstić information content (AvgIpc) is 2.51. The van der Waals surface area contributed by atoms with Gasteiger partial charge in [-0.2, -0.15) is 15.0 Å². The lowest BCUT2D eigenvalue weighted by Crippen LogP contribution is -2.51. The largest absolute Gasteiger partial charge is 0.763 e. The van der Waals surface area contributed by atoms with Gasteiger partial charge >= 0.3 is 17.6 Å². The summed E-state index contributed by atoms with van der Waals surface area (Å²) in [6, 6.07) is -0.503. The number of hydrogen-bond donors (Lipinski definition) is 0. The van der Waals surface area contributed by atoms with E-state index in [2.05, 4.69) is 15.0 Å². The Morgan fingerprint density at radius 2 is 1.60 bits per heavy atom. The molecule has 0 N–H and O–H groups in total. The minimum atomic E-state index is -3.96. The van der Waals surface area contributed by atoms with E-state index in [1.54, 1.807) is 11.8 Å². The number of methoxy groups -OCH3 is 1. The molecule has 0 aliphatic rings. The normalized spacial score (nSPS) is 11.2. The van der Waals surface area contributed by atoms with Crippen molar-refractivity contribution >= 4 is 5.95 Å². The number of nitro groups is 3. The van der Waals surface area contributed by atoms with Crippen LogP contribution in [0.3, 0.4) is 0 Å². The van der Waals surface area contributed by atoms with Crippen LogP contribution in [0.5, 0.6) is 6.01 Å². The Labute approximate surface area is 141 Å². The molecule has 0 amide bonds. The zero-order chi connectivity index (χ0) is 19.4. The van der Waals surface area contributed by atoms with Gasteiger partial charge in [0.1, 0.15) is 0 Å². The Kier molecular flexibility index (Phi) is 6.03. The molecule has 0 saturated carbocycles. The van der Waals surface area contributed by atoms with Gasteiger partial charge in [0.05, 0.1) is 7.11 Å². The summed E-state index contributed by atoms with van der Waals surface area (Å²) in [7, 11) is 1.12. The predicted octanol–water partition coefficient (Wildman–Crippen LogP) is 0.303. The van der Waals surface area contributed by atoms with Crippen molar-refractivity contribution in [2.75, 3.05) is 25.1 Å². The first-order valence-corrected chi connectivity index (χ1v) is 7.10. The van der Waals surface area contributed by atoms with Crippen molar-refractivity contribution in [3.05, 3.63) is 36.2 Å². The molecule has 0 radical (unpaired) electrons. The molecular weight excluding hydrogens is 342 g/mol. The van der Waals surface area contributed by atoms with Crippen LogP contribution in [0.25, 0.3) is 0 Å². The van der Waals surface area contributed by atoms with Crippen LogP contribution in [0, 0.1) is 36.3 Å². The zero-order valence-electron chi connectivity index (χ0n) is 14.0. The summed E-state index contributed by atoms with van der Waals surface area (Å²) in [5.74, 6) is -5.25. The molecule has 25 heavy (non-hydrogen) atoms. The highest BCUT2D eigenvalue weighted by atomic mass is 16.7. The number of hydrogen-bond acceptors (Lipinski definition) is 11. The van der Waals surface area contributed by atoms with Gasteiger partial charge in [0.25, 0.3) is 0 Å². The SMILES string of the molecule is CCN(CC(C)C)c1nc(OC)nc(C([N+](=O)[O-])([N+](=O)[O-])[N+](=O)[O-])n1. The van der Waals surface area contributed by atoms with E-state index in [1.165, 1.54) is 0 Å². The van der Waals surface area contributed by atoms with E-state index in [0.29, 0.717) is 13.1 Å². The molecule has 0 aliphatic heterocycles. The summed E-state index contributed by atoms with van der Waals surface area (Å²) in [5.41, 5.74) is 0. The van der Waals surface area contributed by atoms with E-state index < -0.39 is 32.4 Å². The lowest BCUT2D eigenvalue weighted by atomic mass is 10.2. The Morgan fingerprint density at radius 1 is 1.08 bits per heavy atom. The first-order chi connectivity index (χ1) is 11.6. The van der Waals surface area contributed by atoms with Gasteiger partial charge in [-0.1, -0.05) is 13.8 Å². The van der Waals surface area contributed by atoms with Crippen LogP contribution in [0.15, 0.2) is 0 Å². The number of anilines is 1. The van der Waals surface area contributed by atoms with Crippen LogP contribution in [-0.4, -0.2) is 49.9 Å². The third-order valence-corrected chi connectivity index (χ3v) is 3.10. The van der Waals surface area contributed by atoms with Gasteiger partial charge in [-0.05, 0) is 12.8 Å². The van der Waals surface area contributed by atoms with E-state index in [0.717, 1.165) is 7.11 Å². The fourth-order valence-corrected chi connectivity index (χ4v) is 1.97. The zero-order valence-corrected chi connectivity index (χ0v) is 14.0. The molecule has 14 heteroatoms. The number of aromatic nitrogens is 3. The summed E-state index contributed by atoms with van der Waals surface area (Å²) < 4.78 is 4.77. The lowest BCUT2D eigenvalue weighted by molar-refractivity contribution is -0.987. The fraction of sp³-hybridized carbons (Fsp3) is 0.727. The molecule has 1 rings (SSSR count). The van der Waals surface area contributed by atoms with Crippen molar-refractivity contribution in [1.82, 2.24) is 15.0 Å². The molecule has 0 unspecified atom stereocenters. The molecule has 0 aromatic carbocycles. The molecule has 0 atom stereocenters. The summed E-state index contributed by atoms with van der Waals surface area (Å²) in [5, 5.41) is 33.6. The highest BCUT2D eigenvalue weighted by Gasteiger charge is 2.76. The van der Waals surface area contributed by atoms with Gasteiger partial charge in [0, 0.05) is 13.1 Å². The molecule has 0 spiro atoms. The van der Waals surface area contributed by atoms with Crippen LogP contribution < -0.4 is 9.64 Å². The minimum Gasteiger partial charge on any atom is -0.467 e. The molecular formula is C11H17N7O7. The van der Waals surface area contributed by atoms with Crippen molar-refractivity contribution < 1.29 is 19.5 Å². The number of nitrogens with zero attached hydrogens (tertiary/aromatic N) is 7. The second kappa shape index (κ2) is 7.59. The maximum absolute atomic E-state index is 11.2. The van der Waals surface area contributed by atoms with Crippen molar-refractivity contribution in [2.45, 2.75) is 26.6 Å². The second-order valence-electron chi connectivity index (χ2n) is 5.28. The predicted molar refractivity (Wildman–Crippen MR) is 81.8 cm³/mol. The molecule has 14 nitrogen and oxygen atoms in total. The van der Waals surface area contributed by atoms with E-state index in [9.17, 15) is 30.3 Å². The first kappa shape index (κ1) is 19.9. The topological polar surface area (TPSA) is 181 Å². The molecule has 1 aromatic heterocycles. The second-order valence-corrected chi connectivity index (χ2v) is 5.28. The van der Waals surface area contributed by atoms with Crippen molar-refractivity contribution in [3.63, 3.8) is 0 Å². The van der Waals surface area contributed by atoms with E-state index >= 15 is 0 Å². The highest BCUT2D eigenvalue weighted by molar-refractivity contribution is 5.31. The van der Waals surface area contributed by atoms with E-state index in [-0.39, 0.29) is 11.9 Å². The third kappa shape index (κ3) is 3.67. The van der Waals surface area contributed by atoms with Crippen LogP contribution >= 0.6 is 0 Å². The van der Waals surface area contributed by atoms with Gasteiger partial charge in [0.2, 0.25) is 5.95 Å². The van der Waals surface area contributed by atoms with Crippen LogP contribution in [0.2, 0.25) is 0 Å². The van der Waals surface area contributed by atoms with Gasteiger partial charge in [-0.15, -0.1) is 0 Å². The maximum Gasteiger partial charge on any atom is 0.763 e. The molecule has 1 aromatic rings. The summed E-state index contributed by atoms with van der Waals surface area (Å²) >= 11 is 0. The van der Waals surface area contributed by atoms with Gasteiger partial charge in [0.15, 0.2) is 14.8 Å². The quantitative estimate of drug-likeness (QED) is 0.336. The summed E-state index contributed by atoms with van der Waals surface area (Å²) in [6.07, 6.45) is 0. The Bertz CT molecular complexity index is 645. The molecule has 0 saturated heterocycles. The van der Waals surface area contributed by atoms with Crippen molar-refractivity contribution in [2.24, 2.45) is 5.92 Å². The van der Waals surface area contributed by atoms with Gasteiger partial charge < -0.3 is 9.64 Å². The Balaban J connectivity index is 3.68. The lowest BCUT2D eigenvalue weighted by Gasteiger charge is -2.23. The molecule has 138 valence electrons. The standard InChI is InChI=1S/C11H17N7O7/c1-5-15(6-7(2)3)9-12-8(13-10(14-9)25-4)11(16(19)20,17(21)22)18(23)24/h7H,5-6H2,1-4H3. The van der Waals surface area contributed by atoms with Gasteiger partial charge in [-0.25, -0.2) is 0 Å². The van der Waals surface area contributed by atoms with Gasteiger partial charge in [-0.3, -0.25) is 30.3 Å². The number of rotatable bonds is 9. The average molecular weight is 359 g/mol. The maximum atomic E-state index is 11.2. The third-order valence-electron chi connectivity index (χ3n) is 3.10. The Morgan fingerprint density at radius 3 is 1.96 bits per heavy atom. The molecule has 0 fully saturated rings. The molecule has 0 aliphatic carbocycles. The van der Waals surface area contributed by atoms with Crippen LogP contribution in [0.1, 0.15) is 26.6 Å². The molecule has 1 heterocycles. The fourth-order valence-electron chi connectivity index (χ4n) is 1.97. The minimum absolute atomic E-state index is 0.137. The first-order valence-electron chi connectivity index (χ1n) is 7.10. The van der Waals surface area contributed by atoms with E-state index in [4.69, 9.17) is 4.74 Å². The molecule has 0 bridgehead atoms. The van der Waals surface area contributed by atoms with Crippen molar-refractivity contribution in [3.8, 4) is 6.01 Å². The Hall–Kier alpha value is -3.19.